The molecule has 146 valence electrons. The lowest BCUT2D eigenvalue weighted by Gasteiger charge is -2.19. The molecular weight excluding hydrogens is 388 g/mol. The highest BCUT2D eigenvalue weighted by molar-refractivity contribution is 7.99. The fraction of sp³-hybridized carbons (Fsp3) is 0.150. The molecule has 1 aromatic heterocycles. The van der Waals surface area contributed by atoms with Crippen LogP contribution in [0.4, 0.5) is 11.4 Å². The Morgan fingerprint density at radius 3 is 2.72 bits per heavy atom. The highest BCUT2D eigenvalue weighted by Crippen LogP contribution is 2.23. The molecule has 1 N–H and O–H groups in total. The lowest BCUT2D eigenvalue weighted by atomic mass is 10.2. The Hall–Kier alpha value is -3.64. The van der Waals surface area contributed by atoms with Crippen molar-refractivity contribution < 1.29 is 9.59 Å². The van der Waals surface area contributed by atoms with Gasteiger partial charge in [0.2, 0.25) is 11.8 Å². The Morgan fingerprint density at radius 1 is 1.21 bits per heavy atom. The van der Waals surface area contributed by atoms with Crippen molar-refractivity contribution in [3.63, 3.8) is 0 Å². The first-order valence-electron chi connectivity index (χ1n) is 8.71. The molecule has 0 bridgehead atoms. The SMILES string of the molecule is CC(=O)Nc1cccc(-n2cnnc2SCC(=O)N(CC#N)c2ccccc2)c1. The number of para-hydroxylation sites is 1. The van der Waals surface area contributed by atoms with E-state index >= 15 is 0 Å². The second-order valence-corrected chi connectivity index (χ2v) is 6.92. The van der Waals surface area contributed by atoms with Crippen LogP contribution in [-0.4, -0.2) is 38.9 Å². The van der Waals surface area contributed by atoms with E-state index in [0.29, 0.717) is 16.5 Å². The zero-order chi connectivity index (χ0) is 20.6. The zero-order valence-corrected chi connectivity index (χ0v) is 16.5. The third-order valence-electron chi connectivity index (χ3n) is 3.88. The topological polar surface area (TPSA) is 104 Å². The van der Waals surface area contributed by atoms with Gasteiger partial charge in [0.05, 0.1) is 17.5 Å². The third kappa shape index (κ3) is 5.21. The number of nitrogens with zero attached hydrogens (tertiary/aromatic N) is 5. The Kier molecular flexibility index (Phi) is 6.60. The van der Waals surface area contributed by atoms with Crippen LogP contribution in [0.15, 0.2) is 66.1 Å². The molecule has 0 aliphatic rings. The summed E-state index contributed by atoms with van der Waals surface area (Å²) in [5.74, 6) is -0.269. The predicted molar refractivity (Wildman–Crippen MR) is 111 cm³/mol. The number of amides is 2. The smallest absolute Gasteiger partial charge is 0.238 e. The molecular formula is C20H18N6O2S. The average Bonchev–Trinajstić information content (AvgIpc) is 3.19. The molecule has 0 fully saturated rings. The monoisotopic (exact) mass is 406 g/mol. The van der Waals surface area contributed by atoms with E-state index in [1.807, 2.05) is 36.4 Å². The molecule has 8 nitrogen and oxygen atoms in total. The van der Waals surface area contributed by atoms with Crippen LogP contribution in [0.1, 0.15) is 6.92 Å². The van der Waals surface area contributed by atoms with E-state index in [9.17, 15) is 9.59 Å². The molecule has 0 aliphatic heterocycles. The Morgan fingerprint density at radius 2 is 2.00 bits per heavy atom. The van der Waals surface area contributed by atoms with Gasteiger partial charge in [-0.3, -0.25) is 19.1 Å². The summed E-state index contributed by atoms with van der Waals surface area (Å²) < 4.78 is 1.74. The predicted octanol–water partition coefficient (Wildman–Crippen LogP) is 2.87. The number of benzene rings is 2. The van der Waals surface area contributed by atoms with Crippen molar-refractivity contribution in [3.05, 3.63) is 60.9 Å². The maximum absolute atomic E-state index is 12.7. The van der Waals surface area contributed by atoms with Crippen molar-refractivity contribution in [2.24, 2.45) is 0 Å². The number of carbonyl (C=O) groups is 2. The molecule has 3 rings (SSSR count). The number of aromatic nitrogens is 3. The lowest BCUT2D eigenvalue weighted by molar-refractivity contribution is -0.116. The van der Waals surface area contributed by atoms with Crippen LogP contribution in [-0.2, 0) is 9.59 Å². The number of carbonyl (C=O) groups excluding carboxylic acids is 2. The van der Waals surface area contributed by atoms with Crippen molar-refractivity contribution in [3.8, 4) is 11.8 Å². The van der Waals surface area contributed by atoms with E-state index in [4.69, 9.17) is 5.26 Å². The normalized spacial score (nSPS) is 10.2. The molecule has 0 spiro atoms. The first-order chi connectivity index (χ1) is 14.1. The summed E-state index contributed by atoms with van der Waals surface area (Å²) in [6.07, 6.45) is 1.55. The molecule has 0 unspecified atom stereocenters. The van der Waals surface area contributed by atoms with Crippen LogP contribution in [0.5, 0.6) is 0 Å². The largest absolute Gasteiger partial charge is 0.326 e. The van der Waals surface area contributed by atoms with Gasteiger partial charge in [0.25, 0.3) is 0 Å². The van der Waals surface area contributed by atoms with E-state index in [1.54, 1.807) is 35.2 Å². The lowest BCUT2D eigenvalue weighted by Crippen LogP contribution is -2.32. The van der Waals surface area contributed by atoms with Crippen LogP contribution < -0.4 is 10.2 Å². The molecule has 0 radical (unpaired) electrons. The van der Waals surface area contributed by atoms with Gasteiger partial charge in [-0.1, -0.05) is 36.0 Å². The van der Waals surface area contributed by atoms with Gasteiger partial charge in [0, 0.05) is 18.3 Å². The molecule has 1 heterocycles. The molecule has 0 saturated heterocycles. The fourth-order valence-corrected chi connectivity index (χ4v) is 3.45. The summed E-state index contributed by atoms with van der Waals surface area (Å²) >= 11 is 1.23. The fourth-order valence-electron chi connectivity index (χ4n) is 2.64. The summed E-state index contributed by atoms with van der Waals surface area (Å²) in [4.78, 5) is 25.4. The minimum absolute atomic E-state index is 0.0329. The van der Waals surface area contributed by atoms with Gasteiger partial charge >= 0.3 is 0 Å². The Bertz CT molecular complexity index is 1040. The quantitative estimate of drug-likeness (QED) is 0.478. The van der Waals surface area contributed by atoms with E-state index in [1.165, 1.54) is 23.6 Å². The van der Waals surface area contributed by atoms with Crippen molar-refractivity contribution >= 4 is 35.0 Å². The highest BCUT2D eigenvalue weighted by atomic mass is 32.2. The second kappa shape index (κ2) is 9.52. The summed E-state index contributed by atoms with van der Waals surface area (Å²) in [6.45, 7) is 1.41. The van der Waals surface area contributed by atoms with E-state index in [0.717, 1.165) is 5.69 Å². The molecule has 0 atom stereocenters. The van der Waals surface area contributed by atoms with Gasteiger partial charge < -0.3 is 5.32 Å². The van der Waals surface area contributed by atoms with Gasteiger partial charge in [-0.05, 0) is 30.3 Å². The molecule has 2 amide bonds. The van der Waals surface area contributed by atoms with Crippen molar-refractivity contribution in [1.29, 1.82) is 5.26 Å². The number of thioether (sulfide) groups is 1. The summed E-state index contributed by atoms with van der Waals surface area (Å²) in [6, 6.07) is 18.3. The molecule has 0 saturated carbocycles. The number of anilines is 2. The number of nitrogens with one attached hydrogen (secondary N) is 1. The van der Waals surface area contributed by atoms with E-state index in [2.05, 4.69) is 15.5 Å². The maximum atomic E-state index is 12.7. The summed E-state index contributed by atoms with van der Waals surface area (Å²) in [7, 11) is 0. The van der Waals surface area contributed by atoms with Gasteiger partial charge in [0.15, 0.2) is 5.16 Å². The van der Waals surface area contributed by atoms with Gasteiger partial charge in [-0.15, -0.1) is 10.2 Å². The molecule has 29 heavy (non-hydrogen) atoms. The van der Waals surface area contributed by atoms with Gasteiger partial charge in [0.1, 0.15) is 12.9 Å². The standard InChI is InChI=1S/C20H18N6O2S/c1-15(27)23-16-6-5-9-18(12-16)26-14-22-24-20(26)29-13-19(28)25(11-10-21)17-7-3-2-4-8-17/h2-9,12,14H,11,13H2,1H3,(H,23,27). The molecule has 0 aliphatic carbocycles. The van der Waals surface area contributed by atoms with E-state index < -0.39 is 0 Å². The van der Waals surface area contributed by atoms with Crippen molar-refractivity contribution in [1.82, 2.24) is 14.8 Å². The zero-order valence-electron chi connectivity index (χ0n) is 15.6. The van der Waals surface area contributed by atoms with Crippen molar-refractivity contribution in [2.45, 2.75) is 12.1 Å². The highest BCUT2D eigenvalue weighted by Gasteiger charge is 2.17. The molecule has 2 aromatic carbocycles. The Labute approximate surface area is 172 Å². The minimum atomic E-state index is -0.204. The van der Waals surface area contributed by atoms with Gasteiger partial charge in [-0.2, -0.15) is 5.26 Å². The average molecular weight is 406 g/mol. The van der Waals surface area contributed by atoms with Gasteiger partial charge in [-0.25, -0.2) is 0 Å². The maximum Gasteiger partial charge on any atom is 0.238 e. The second-order valence-electron chi connectivity index (χ2n) is 5.98. The first-order valence-corrected chi connectivity index (χ1v) is 9.70. The number of hydrogen-bond donors (Lipinski definition) is 1. The molecule has 9 heteroatoms. The van der Waals surface area contributed by atoms with Crippen LogP contribution in [0.25, 0.3) is 5.69 Å². The van der Waals surface area contributed by atoms with Crippen molar-refractivity contribution in [2.75, 3.05) is 22.5 Å². The first kappa shape index (κ1) is 20.1. The summed E-state index contributed by atoms with van der Waals surface area (Å²) in [5.41, 5.74) is 2.08. The minimum Gasteiger partial charge on any atom is -0.326 e. The number of nitriles is 1. The third-order valence-corrected chi connectivity index (χ3v) is 4.81. The number of hydrogen-bond acceptors (Lipinski definition) is 6. The number of rotatable bonds is 7. The molecule has 3 aromatic rings. The van der Waals surface area contributed by atoms with Crippen LogP contribution in [0, 0.1) is 11.3 Å². The van der Waals surface area contributed by atoms with Crippen LogP contribution in [0.2, 0.25) is 0 Å². The Balaban J connectivity index is 1.74. The summed E-state index contributed by atoms with van der Waals surface area (Å²) in [5, 5.41) is 20.4. The van der Waals surface area contributed by atoms with Crippen LogP contribution in [0.3, 0.4) is 0 Å². The van der Waals surface area contributed by atoms with Crippen LogP contribution >= 0.6 is 11.8 Å². The van der Waals surface area contributed by atoms with E-state index in [-0.39, 0.29) is 24.1 Å².